The molecule has 24 heavy (non-hydrogen) atoms. The Balaban J connectivity index is 1.63. The molecule has 3 atom stereocenters. The molecule has 7 heteroatoms. The van der Waals surface area contributed by atoms with E-state index in [1.165, 1.54) is 33.3 Å². The molecule has 0 amide bonds. The summed E-state index contributed by atoms with van der Waals surface area (Å²) >= 11 is 0. The number of likely N-dealkylation sites (tertiary alicyclic amines) is 1. The number of nitrogens with zero attached hydrogens (tertiary/aromatic N) is 4. The molecule has 136 valence electrons. The second-order valence-electron chi connectivity index (χ2n) is 7.20. The van der Waals surface area contributed by atoms with Crippen LogP contribution in [0.25, 0.3) is 0 Å². The third-order valence-electron chi connectivity index (χ3n) is 5.59. The second-order valence-corrected chi connectivity index (χ2v) is 7.20. The molecule has 0 aromatic carbocycles. The summed E-state index contributed by atoms with van der Waals surface area (Å²) in [6, 6.07) is 0.526. The summed E-state index contributed by atoms with van der Waals surface area (Å²) in [5.74, 6) is 1.07. The van der Waals surface area contributed by atoms with Crippen LogP contribution >= 0.6 is 0 Å². The van der Waals surface area contributed by atoms with Crippen molar-refractivity contribution in [2.24, 2.45) is 16.8 Å². The molecule has 0 radical (unpaired) electrons. The highest BCUT2D eigenvalue weighted by Crippen LogP contribution is 2.24. The largest absolute Gasteiger partial charge is 0.469 e. The predicted molar refractivity (Wildman–Crippen MR) is 94.0 cm³/mol. The number of piperazine rings is 3. The number of hydrogen-bond donors (Lipinski definition) is 1. The molecule has 0 saturated carbocycles. The van der Waals surface area contributed by atoms with Crippen LogP contribution in [0.2, 0.25) is 0 Å². The summed E-state index contributed by atoms with van der Waals surface area (Å²) in [5, 5.41) is 3.40. The highest BCUT2D eigenvalue weighted by Gasteiger charge is 2.37. The van der Waals surface area contributed by atoms with E-state index in [4.69, 9.17) is 9.73 Å². The van der Waals surface area contributed by atoms with Crippen molar-refractivity contribution < 1.29 is 9.53 Å². The summed E-state index contributed by atoms with van der Waals surface area (Å²) < 4.78 is 4.94. The van der Waals surface area contributed by atoms with Gasteiger partial charge in [0, 0.05) is 58.4 Å². The average Bonchev–Trinajstić information content (AvgIpc) is 3.00. The summed E-state index contributed by atoms with van der Waals surface area (Å²) in [4.78, 5) is 24.1. The minimum absolute atomic E-state index is 0.0561. The molecule has 3 unspecified atom stereocenters. The van der Waals surface area contributed by atoms with E-state index in [1.807, 2.05) is 0 Å². The Bertz CT molecular complexity index is 476. The molecule has 7 nitrogen and oxygen atoms in total. The van der Waals surface area contributed by atoms with E-state index in [2.05, 4.69) is 33.9 Å². The smallest absolute Gasteiger partial charge is 0.310 e. The molecule has 1 N–H and O–H groups in total. The maximum Gasteiger partial charge on any atom is 0.310 e. The van der Waals surface area contributed by atoms with E-state index in [0.29, 0.717) is 18.5 Å². The van der Waals surface area contributed by atoms with E-state index in [9.17, 15) is 4.79 Å². The Morgan fingerprint density at radius 1 is 1.21 bits per heavy atom. The van der Waals surface area contributed by atoms with Crippen molar-refractivity contribution in [1.82, 2.24) is 20.0 Å². The van der Waals surface area contributed by atoms with E-state index in [-0.39, 0.29) is 11.9 Å². The van der Waals surface area contributed by atoms with Gasteiger partial charge in [-0.3, -0.25) is 19.6 Å². The number of nitrogens with one attached hydrogen (secondary N) is 1. The van der Waals surface area contributed by atoms with Crippen LogP contribution in [0, 0.1) is 11.8 Å². The Hall–Kier alpha value is -1.34. The van der Waals surface area contributed by atoms with Crippen molar-refractivity contribution in [3.05, 3.63) is 0 Å². The summed E-state index contributed by atoms with van der Waals surface area (Å²) in [6.45, 7) is 13.3. The van der Waals surface area contributed by atoms with Gasteiger partial charge < -0.3 is 15.0 Å². The Kier molecular flexibility index (Phi) is 5.61. The fourth-order valence-corrected chi connectivity index (χ4v) is 4.11. The number of rotatable bonds is 4. The van der Waals surface area contributed by atoms with Crippen LogP contribution in [0.15, 0.2) is 4.99 Å². The van der Waals surface area contributed by atoms with Gasteiger partial charge in [0.05, 0.1) is 19.6 Å². The number of carbonyl (C=O) groups excluding carboxylic acids is 1. The maximum absolute atomic E-state index is 11.9. The fourth-order valence-electron chi connectivity index (χ4n) is 4.11. The first-order valence-corrected chi connectivity index (χ1v) is 9.19. The SMILES string of the molecule is CCNC(=NCC1CN2CCN1CC2)N1CC(C)C(C(=O)OC)C1. The van der Waals surface area contributed by atoms with Crippen molar-refractivity contribution in [3.8, 4) is 0 Å². The third kappa shape index (κ3) is 3.67. The summed E-state index contributed by atoms with van der Waals surface area (Å²) in [5.41, 5.74) is 0. The number of ether oxygens (including phenoxy) is 1. The van der Waals surface area contributed by atoms with Crippen LogP contribution in [0.4, 0.5) is 0 Å². The van der Waals surface area contributed by atoms with Gasteiger partial charge in [-0.25, -0.2) is 0 Å². The first kappa shape index (κ1) is 17.5. The third-order valence-corrected chi connectivity index (χ3v) is 5.59. The Morgan fingerprint density at radius 2 is 1.96 bits per heavy atom. The van der Waals surface area contributed by atoms with Crippen molar-refractivity contribution in [2.45, 2.75) is 19.9 Å². The van der Waals surface area contributed by atoms with Gasteiger partial charge >= 0.3 is 5.97 Å². The second kappa shape index (κ2) is 7.70. The minimum Gasteiger partial charge on any atom is -0.469 e. The lowest BCUT2D eigenvalue weighted by Crippen LogP contribution is -2.62. The number of fused-ring (bicyclic) bond motifs is 3. The molecule has 4 fully saturated rings. The van der Waals surface area contributed by atoms with E-state index < -0.39 is 0 Å². The zero-order valence-electron chi connectivity index (χ0n) is 15.2. The van der Waals surface area contributed by atoms with Crippen LogP contribution in [-0.2, 0) is 9.53 Å². The van der Waals surface area contributed by atoms with E-state index >= 15 is 0 Å². The van der Waals surface area contributed by atoms with Crippen LogP contribution in [0.5, 0.6) is 0 Å². The molecule has 2 bridgehead atoms. The molecule has 0 aromatic rings. The highest BCUT2D eigenvalue weighted by molar-refractivity contribution is 5.82. The quantitative estimate of drug-likeness (QED) is 0.432. The van der Waals surface area contributed by atoms with Crippen LogP contribution in [-0.4, -0.2) is 98.7 Å². The lowest BCUT2D eigenvalue weighted by Gasteiger charge is -2.47. The Labute approximate surface area is 145 Å². The fraction of sp³-hybridized carbons (Fsp3) is 0.882. The standard InChI is InChI=1S/C17H31N5O2/c1-4-18-17(22-10-13(2)15(12-22)16(23)24-3)19-9-14-11-20-5-7-21(14)8-6-20/h13-15H,4-12H2,1-3H3,(H,18,19). The van der Waals surface area contributed by atoms with Gasteiger partial charge in [-0.05, 0) is 12.8 Å². The normalized spacial score (nSPS) is 36.0. The monoisotopic (exact) mass is 337 g/mol. The molecular weight excluding hydrogens is 306 g/mol. The zero-order chi connectivity index (χ0) is 17.1. The molecule has 4 aliphatic heterocycles. The highest BCUT2D eigenvalue weighted by atomic mass is 16.5. The molecule has 4 saturated heterocycles. The van der Waals surface area contributed by atoms with Gasteiger partial charge in [-0.15, -0.1) is 0 Å². The number of hydrogen-bond acceptors (Lipinski definition) is 5. The lowest BCUT2D eigenvalue weighted by atomic mass is 9.99. The molecule has 4 heterocycles. The topological polar surface area (TPSA) is 60.4 Å². The Morgan fingerprint density at radius 3 is 2.54 bits per heavy atom. The maximum atomic E-state index is 11.9. The molecule has 0 aromatic heterocycles. The van der Waals surface area contributed by atoms with Gasteiger partial charge in [-0.2, -0.15) is 0 Å². The van der Waals surface area contributed by atoms with E-state index in [1.54, 1.807) is 0 Å². The van der Waals surface area contributed by atoms with E-state index in [0.717, 1.165) is 32.1 Å². The number of aliphatic imine (C=N–C) groups is 1. The number of guanidine groups is 1. The van der Waals surface area contributed by atoms with Crippen molar-refractivity contribution in [3.63, 3.8) is 0 Å². The van der Waals surface area contributed by atoms with Gasteiger partial charge in [0.15, 0.2) is 5.96 Å². The van der Waals surface area contributed by atoms with Gasteiger partial charge in [-0.1, -0.05) is 6.92 Å². The average molecular weight is 337 g/mol. The van der Waals surface area contributed by atoms with Crippen LogP contribution < -0.4 is 5.32 Å². The lowest BCUT2D eigenvalue weighted by molar-refractivity contribution is -0.145. The molecule has 4 aliphatic rings. The van der Waals surface area contributed by atoms with Crippen molar-refractivity contribution >= 4 is 11.9 Å². The first-order valence-electron chi connectivity index (χ1n) is 9.19. The molecular formula is C17H31N5O2. The van der Waals surface area contributed by atoms with Crippen LogP contribution in [0.3, 0.4) is 0 Å². The van der Waals surface area contributed by atoms with Gasteiger partial charge in [0.1, 0.15) is 0 Å². The number of carbonyl (C=O) groups is 1. The van der Waals surface area contributed by atoms with Gasteiger partial charge in [0.2, 0.25) is 0 Å². The first-order chi connectivity index (χ1) is 11.6. The van der Waals surface area contributed by atoms with Gasteiger partial charge in [0.25, 0.3) is 0 Å². The summed E-state index contributed by atoms with van der Waals surface area (Å²) in [7, 11) is 1.47. The molecule has 0 spiro atoms. The number of methoxy groups -OCH3 is 1. The van der Waals surface area contributed by atoms with Crippen molar-refractivity contribution in [1.29, 1.82) is 0 Å². The van der Waals surface area contributed by atoms with Crippen LogP contribution in [0.1, 0.15) is 13.8 Å². The molecule has 4 rings (SSSR count). The predicted octanol–water partition coefficient (Wildman–Crippen LogP) is -0.307. The zero-order valence-corrected chi connectivity index (χ0v) is 15.2. The molecule has 0 aliphatic carbocycles. The number of esters is 1. The minimum atomic E-state index is -0.107. The van der Waals surface area contributed by atoms with Crippen molar-refractivity contribution in [2.75, 3.05) is 66.0 Å². The summed E-state index contributed by atoms with van der Waals surface area (Å²) in [6.07, 6.45) is 0.